The van der Waals surface area contributed by atoms with E-state index in [-0.39, 0.29) is 11.8 Å². The minimum atomic E-state index is -1.37. The molecule has 2 aromatic carbocycles. The van der Waals surface area contributed by atoms with Crippen molar-refractivity contribution >= 4 is 41.1 Å². The number of nitrogens with two attached hydrogens (primary N) is 1. The highest BCUT2D eigenvalue weighted by atomic mass is 35.5. The van der Waals surface area contributed by atoms with E-state index in [0.717, 1.165) is 12.0 Å². The average molecular weight is 559 g/mol. The number of para-hydroxylation sites is 1. The monoisotopic (exact) mass is 558 g/mol. The topological polar surface area (TPSA) is 151 Å². The van der Waals surface area contributed by atoms with E-state index < -0.39 is 47.9 Å². The second-order valence-electron chi connectivity index (χ2n) is 10.6. The molecule has 2 atom stereocenters. The van der Waals surface area contributed by atoms with Gasteiger partial charge in [0.05, 0.1) is 17.1 Å². The minimum Gasteiger partial charge on any atom is -0.508 e. The molecule has 2 aromatic rings. The van der Waals surface area contributed by atoms with E-state index in [0.29, 0.717) is 29.1 Å². The first kappa shape index (κ1) is 29.8. The molecule has 5 N–H and O–H groups in total. The van der Waals surface area contributed by atoms with E-state index in [1.807, 2.05) is 0 Å². The van der Waals surface area contributed by atoms with Crippen LogP contribution in [-0.2, 0) is 19.1 Å². The Morgan fingerprint density at radius 1 is 1.13 bits per heavy atom. The van der Waals surface area contributed by atoms with E-state index >= 15 is 0 Å². The number of carbonyl (C=O) groups excluding carboxylic acids is 4. The molecule has 0 aliphatic heterocycles. The molecule has 1 aliphatic carbocycles. The summed E-state index contributed by atoms with van der Waals surface area (Å²) < 4.78 is 5.30. The number of aryl methyl sites for hydroxylation is 1. The highest BCUT2D eigenvalue weighted by Gasteiger charge is 2.42. The fraction of sp³-hybridized carbons (Fsp3) is 0.429. The Kier molecular flexibility index (Phi) is 9.45. The lowest BCUT2D eigenvalue weighted by molar-refractivity contribution is -0.146. The summed E-state index contributed by atoms with van der Waals surface area (Å²) in [5.41, 5.74) is 6.13. The van der Waals surface area contributed by atoms with Crippen molar-refractivity contribution in [1.82, 2.24) is 10.2 Å². The number of hydrogen-bond donors (Lipinski definition) is 4. The van der Waals surface area contributed by atoms with Gasteiger partial charge in [-0.3, -0.25) is 14.4 Å². The number of nitrogens with one attached hydrogen (secondary N) is 2. The fourth-order valence-electron chi connectivity index (χ4n) is 4.29. The number of aromatic hydroxyl groups is 1. The molecule has 4 amide bonds. The number of rotatable bonds is 9. The molecule has 1 fully saturated rings. The number of hydrogen-bond acceptors (Lipinski definition) is 6. The number of amides is 4. The van der Waals surface area contributed by atoms with Gasteiger partial charge in [-0.15, -0.1) is 0 Å². The number of ether oxygens (including phenoxy) is 1. The van der Waals surface area contributed by atoms with Gasteiger partial charge in [0.25, 0.3) is 5.91 Å². The van der Waals surface area contributed by atoms with E-state index in [1.165, 1.54) is 17.0 Å². The van der Waals surface area contributed by atoms with Crippen molar-refractivity contribution in [1.29, 1.82) is 0 Å². The molecule has 0 spiro atoms. The van der Waals surface area contributed by atoms with Crippen LogP contribution in [0.1, 0.15) is 63.6 Å². The summed E-state index contributed by atoms with van der Waals surface area (Å²) in [5.74, 6) is -2.03. The predicted octanol–water partition coefficient (Wildman–Crippen LogP) is 4.18. The fourth-order valence-corrected chi connectivity index (χ4v) is 4.56. The lowest BCUT2D eigenvalue weighted by Gasteiger charge is -2.43. The van der Waals surface area contributed by atoms with Gasteiger partial charge in [-0.25, -0.2) is 4.79 Å². The summed E-state index contributed by atoms with van der Waals surface area (Å²) in [7, 11) is 0. The third kappa shape index (κ3) is 7.86. The van der Waals surface area contributed by atoms with Gasteiger partial charge in [0.15, 0.2) is 0 Å². The molecule has 0 aromatic heterocycles. The number of phenolic OH excluding ortho intramolecular Hbond substituents is 1. The van der Waals surface area contributed by atoms with Crippen LogP contribution in [0.25, 0.3) is 0 Å². The van der Waals surface area contributed by atoms with Crippen molar-refractivity contribution in [2.75, 3.05) is 5.32 Å². The summed E-state index contributed by atoms with van der Waals surface area (Å²) in [6.07, 6.45) is 0.688. The molecule has 2 unspecified atom stereocenters. The predicted molar refractivity (Wildman–Crippen MR) is 147 cm³/mol. The maximum Gasteiger partial charge on any atom is 0.408 e. The quantitative estimate of drug-likeness (QED) is 0.362. The number of carbonyl (C=O) groups is 4. The Morgan fingerprint density at radius 2 is 1.77 bits per heavy atom. The van der Waals surface area contributed by atoms with Crippen LogP contribution in [0.2, 0.25) is 5.02 Å². The summed E-state index contributed by atoms with van der Waals surface area (Å²) in [6.45, 7) is 6.79. The number of benzene rings is 2. The highest BCUT2D eigenvalue weighted by molar-refractivity contribution is 6.34. The summed E-state index contributed by atoms with van der Waals surface area (Å²) >= 11 is 6.36. The van der Waals surface area contributed by atoms with Crippen LogP contribution < -0.4 is 16.4 Å². The van der Waals surface area contributed by atoms with E-state index in [2.05, 4.69) is 10.6 Å². The van der Waals surface area contributed by atoms with Crippen LogP contribution in [-0.4, -0.2) is 51.5 Å². The van der Waals surface area contributed by atoms with E-state index in [4.69, 9.17) is 22.1 Å². The standard InChI is InChI=1S/C28H35ClN4O6/c1-16-7-5-10-20(29)23(16)32-25(36)24(17-11-13-19(34)14-12-17)33(18-8-6-9-18)26(37)21(15-22(30)35)31-27(38)39-28(2,3)4/h5,7,10-14,18,21,24,34H,6,8-9,15H2,1-4H3,(H2,30,35)(H,31,38)(H,32,36). The average Bonchev–Trinajstić information content (AvgIpc) is 2.78. The number of anilines is 1. The molecule has 39 heavy (non-hydrogen) atoms. The van der Waals surface area contributed by atoms with Crippen LogP contribution in [0.15, 0.2) is 42.5 Å². The Balaban J connectivity index is 2.05. The molecule has 0 heterocycles. The molecule has 0 bridgehead atoms. The molecular weight excluding hydrogens is 524 g/mol. The smallest absolute Gasteiger partial charge is 0.408 e. The van der Waals surface area contributed by atoms with Gasteiger partial charge in [0.2, 0.25) is 11.8 Å². The number of phenols is 1. The molecule has 1 aliphatic rings. The number of halogens is 1. The zero-order valence-corrected chi connectivity index (χ0v) is 23.2. The molecular formula is C28H35ClN4O6. The van der Waals surface area contributed by atoms with Crippen molar-refractivity contribution in [2.45, 2.75) is 77.1 Å². The summed E-state index contributed by atoms with van der Waals surface area (Å²) in [5, 5.41) is 15.5. The SMILES string of the molecule is Cc1cccc(Cl)c1NC(=O)C(c1ccc(O)cc1)N(C(=O)C(CC(N)=O)NC(=O)OC(C)(C)C)C1CCC1. The lowest BCUT2D eigenvalue weighted by Crippen LogP contribution is -2.57. The number of primary amides is 1. The van der Waals surface area contributed by atoms with Gasteiger partial charge in [-0.1, -0.05) is 35.9 Å². The van der Waals surface area contributed by atoms with Gasteiger partial charge in [-0.2, -0.15) is 0 Å². The molecule has 0 saturated heterocycles. The van der Waals surface area contributed by atoms with Crippen molar-refractivity contribution in [2.24, 2.45) is 5.73 Å². The first-order valence-electron chi connectivity index (χ1n) is 12.7. The molecule has 210 valence electrons. The zero-order chi connectivity index (χ0) is 28.9. The number of alkyl carbamates (subject to hydrolysis) is 1. The normalized spacial score (nSPS) is 14.9. The summed E-state index contributed by atoms with van der Waals surface area (Å²) in [4.78, 5) is 53.9. The van der Waals surface area contributed by atoms with E-state index in [9.17, 15) is 24.3 Å². The second kappa shape index (κ2) is 12.4. The number of nitrogens with zero attached hydrogens (tertiary/aromatic N) is 1. The van der Waals surface area contributed by atoms with Gasteiger partial charge in [0.1, 0.15) is 23.4 Å². The molecule has 3 rings (SSSR count). The first-order chi connectivity index (χ1) is 18.3. The largest absolute Gasteiger partial charge is 0.508 e. The van der Waals surface area contributed by atoms with Crippen LogP contribution in [0, 0.1) is 6.92 Å². The Morgan fingerprint density at radius 3 is 2.28 bits per heavy atom. The van der Waals surface area contributed by atoms with Crippen molar-refractivity contribution in [3.8, 4) is 5.75 Å². The molecule has 1 saturated carbocycles. The van der Waals surface area contributed by atoms with Crippen LogP contribution in [0.3, 0.4) is 0 Å². The van der Waals surface area contributed by atoms with Crippen LogP contribution in [0.4, 0.5) is 10.5 Å². The van der Waals surface area contributed by atoms with Crippen molar-refractivity contribution in [3.05, 3.63) is 58.6 Å². The first-order valence-corrected chi connectivity index (χ1v) is 13.1. The Labute approximate surface area is 232 Å². The Hall–Kier alpha value is -3.79. The summed E-state index contributed by atoms with van der Waals surface area (Å²) in [6, 6.07) is 8.23. The van der Waals surface area contributed by atoms with Crippen molar-refractivity contribution < 1.29 is 29.0 Å². The lowest BCUT2D eigenvalue weighted by atomic mass is 9.87. The van der Waals surface area contributed by atoms with Crippen LogP contribution >= 0.6 is 11.6 Å². The van der Waals surface area contributed by atoms with E-state index in [1.54, 1.807) is 58.0 Å². The molecule has 0 radical (unpaired) electrons. The maximum atomic E-state index is 14.1. The third-order valence-electron chi connectivity index (χ3n) is 6.32. The second-order valence-corrected chi connectivity index (χ2v) is 11.0. The third-order valence-corrected chi connectivity index (χ3v) is 6.64. The highest BCUT2D eigenvalue weighted by Crippen LogP contribution is 2.36. The molecule has 11 heteroatoms. The van der Waals surface area contributed by atoms with Gasteiger partial charge in [-0.05, 0) is 76.3 Å². The van der Waals surface area contributed by atoms with Gasteiger partial charge < -0.3 is 31.1 Å². The molecule has 10 nitrogen and oxygen atoms in total. The minimum absolute atomic E-state index is 0.0143. The van der Waals surface area contributed by atoms with Crippen molar-refractivity contribution in [3.63, 3.8) is 0 Å². The van der Waals surface area contributed by atoms with Crippen LogP contribution in [0.5, 0.6) is 5.75 Å². The maximum absolute atomic E-state index is 14.1. The van der Waals surface area contributed by atoms with Gasteiger partial charge >= 0.3 is 6.09 Å². The Bertz CT molecular complexity index is 1200. The van der Waals surface area contributed by atoms with Gasteiger partial charge in [0, 0.05) is 6.04 Å². The zero-order valence-electron chi connectivity index (χ0n) is 22.5.